The quantitative estimate of drug-likeness (QED) is 0.866. The average Bonchev–Trinajstić information content (AvgIpc) is 2.74. The highest BCUT2D eigenvalue weighted by Gasteiger charge is 2.08. The molecule has 0 aliphatic carbocycles. The third-order valence-corrected chi connectivity index (χ3v) is 3.00. The van der Waals surface area contributed by atoms with E-state index in [4.69, 9.17) is 0 Å². The van der Waals surface area contributed by atoms with Gasteiger partial charge in [-0.3, -0.25) is 4.90 Å². The Bertz CT molecular complexity index is 563. The number of aryl methyl sites for hydroxylation is 2. The number of anilines is 1. The lowest BCUT2D eigenvalue weighted by molar-refractivity contribution is 0.299. The van der Waals surface area contributed by atoms with E-state index in [0.29, 0.717) is 6.54 Å². The molecular weight excluding hydrogens is 252 g/mol. The van der Waals surface area contributed by atoms with Crippen molar-refractivity contribution >= 4 is 5.82 Å². The number of aromatic nitrogens is 4. The zero-order chi connectivity index (χ0) is 14.5. The van der Waals surface area contributed by atoms with Crippen LogP contribution >= 0.6 is 0 Å². The van der Waals surface area contributed by atoms with Crippen LogP contribution in [0.25, 0.3) is 0 Å². The molecule has 1 N–H and O–H groups in total. The van der Waals surface area contributed by atoms with Gasteiger partial charge in [-0.2, -0.15) is 0 Å². The molecule has 0 atom stereocenters. The zero-order valence-corrected chi connectivity index (χ0v) is 12.6. The van der Waals surface area contributed by atoms with E-state index in [1.807, 2.05) is 44.0 Å². The van der Waals surface area contributed by atoms with Gasteiger partial charge in [0.05, 0.1) is 13.1 Å². The molecule has 108 valence electrons. The largest absolute Gasteiger partial charge is 0.370 e. The molecule has 2 heterocycles. The Hall–Kier alpha value is -1.95. The van der Waals surface area contributed by atoms with Crippen molar-refractivity contribution in [2.24, 2.45) is 7.05 Å². The second kappa shape index (κ2) is 6.47. The summed E-state index contributed by atoms with van der Waals surface area (Å²) in [7, 11) is 4.05. The molecule has 0 radical (unpaired) electrons. The van der Waals surface area contributed by atoms with Crippen LogP contribution in [0.5, 0.6) is 0 Å². The topological polar surface area (TPSA) is 58.9 Å². The van der Waals surface area contributed by atoms with Crippen LogP contribution in [0, 0.1) is 6.92 Å². The minimum atomic E-state index is 0.701. The molecule has 0 bridgehead atoms. The summed E-state index contributed by atoms with van der Waals surface area (Å²) >= 11 is 0. The summed E-state index contributed by atoms with van der Waals surface area (Å²) in [5.74, 6) is 2.75. The van der Waals surface area contributed by atoms with Gasteiger partial charge >= 0.3 is 0 Å². The van der Waals surface area contributed by atoms with E-state index in [1.54, 1.807) is 0 Å². The van der Waals surface area contributed by atoms with Gasteiger partial charge in [-0.25, -0.2) is 15.0 Å². The van der Waals surface area contributed by atoms with Crippen molar-refractivity contribution in [3.05, 3.63) is 35.8 Å². The number of rotatable bonds is 6. The molecule has 6 heteroatoms. The average molecular weight is 274 g/mol. The van der Waals surface area contributed by atoms with Crippen molar-refractivity contribution in [2.45, 2.75) is 26.9 Å². The first-order valence-corrected chi connectivity index (χ1v) is 6.81. The first-order valence-electron chi connectivity index (χ1n) is 6.81. The summed E-state index contributed by atoms with van der Waals surface area (Å²) in [5, 5.41) is 3.23. The maximum Gasteiger partial charge on any atom is 0.144 e. The summed E-state index contributed by atoms with van der Waals surface area (Å²) in [4.78, 5) is 15.5. The standard InChI is InChI=1S/C14H22N6/c1-5-15-12-8-11(2)17-13(18-12)9-19(3)10-14-16-6-7-20(14)4/h6-8H,5,9-10H2,1-4H3,(H,15,17,18). The maximum atomic E-state index is 4.52. The predicted molar refractivity (Wildman–Crippen MR) is 79.3 cm³/mol. The Kier molecular flexibility index (Phi) is 4.68. The van der Waals surface area contributed by atoms with Gasteiger partial charge in [0.2, 0.25) is 0 Å². The highest BCUT2D eigenvalue weighted by Crippen LogP contribution is 2.09. The van der Waals surface area contributed by atoms with Crippen molar-refractivity contribution in [1.82, 2.24) is 24.4 Å². The molecule has 20 heavy (non-hydrogen) atoms. The molecule has 0 aromatic carbocycles. The number of imidazole rings is 1. The molecular formula is C14H22N6. The van der Waals surface area contributed by atoms with Gasteiger partial charge in [0.15, 0.2) is 0 Å². The van der Waals surface area contributed by atoms with E-state index in [0.717, 1.165) is 36.3 Å². The number of hydrogen-bond acceptors (Lipinski definition) is 5. The maximum absolute atomic E-state index is 4.52. The van der Waals surface area contributed by atoms with E-state index >= 15 is 0 Å². The van der Waals surface area contributed by atoms with E-state index in [9.17, 15) is 0 Å². The number of nitrogens with one attached hydrogen (secondary N) is 1. The van der Waals surface area contributed by atoms with Crippen molar-refractivity contribution < 1.29 is 0 Å². The molecule has 2 aromatic heterocycles. The molecule has 0 saturated carbocycles. The molecule has 0 amide bonds. The Morgan fingerprint density at radius 2 is 2.10 bits per heavy atom. The van der Waals surface area contributed by atoms with Gasteiger partial charge in [0, 0.05) is 37.7 Å². The molecule has 6 nitrogen and oxygen atoms in total. The van der Waals surface area contributed by atoms with Crippen LogP contribution in [0.4, 0.5) is 5.82 Å². The van der Waals surface area contributed by atoms with Gasteiger partial charge in [0.25, 0.3) is 0 Å². The van der Waals surface area contributed by atoms with E-state index in [1.165, 1.54) is 0 Å². The smallest absolute Gasteiger partial charge is 0.144 e. The summed E-state index contributed by atoms with van der Waals surface area (Å²) < 4.78 is 2.03. The van der Waals surface area contributed by atoms with Gasteiger partial charge < -0.3 is 9.88 Å². The number of hydrogen-bond donors (Lipinski definition) is 1. The lowest BCUT2D eigenvalue weighted by Gasteiger charge is -2.16. The highest BCUT2D eigenvalue weighted by molar-refractivity contribution is 5.35. The minimum Gasteiger partial charge on any atom is -0.370 e. The van der Waals surface area contributed by atoms with Crippen LogP contribution in [0.3, 0.4) is 0 Å². The van der Waals surface area contributed by atoms with Crippen molar-refractivity contribution in [2.75, 3.05) is 18.9 Å². The second-order valence-corrected chi connectivity index (χ2v) is 4.97. The summed E-state index contributed by atoms with van der Waals surface area (Å²) in [6.45, 7) is 6.39. The fourth-order valence-corrected chi connectivity index (χ4v) is 2.06. The van der Waals surface area contributed by atoms with Crippen LogP contribution in [-0.4, -0.2) is 38.0 Å². The Balaban J connectivity index is 2.03. The SMILES string of the molecule is CCNc1cc(C)nc(CN(C)Cc2nccn2C)n1. The van der Waals surface area contributed by atoms with Gasteiger partial charge in [0.1, 0.15) is 17.5 Å². The van der Waals surface area contributed by atoms with Crippen LogP contribution < -0.4 is 5.32 Å². The monoisotopic (exact) mass is 274 g/mol. The van der Waals surface area contributed by atoms with E-state index in [-0.39, 0.29) is 0 Å². The van der Waals surface area contributed by atoms with Crippen LogP contribution in [0.1, 0.15) is 24.3 Å². The van der Waals surface area contributed by atoms with E-state index in [2.05, 4.69) is 32.1 Å². The molecule has 0 aliphatic rings. The predicted octanol–water partition coefficient (Wildman–Crippen LogP) is 1.58. The molecule has 0 spiro atoms. The fourth-order valence-electron chi connectivity index (χ4n) is 2.06. The van der Waals surface area contributed by atoms with Crippen molar-refractivity contribution in [3.8, 4) is 0 Å². The first kappa shape index (κ1) is 14.5. The second-order valence-electron chi connectivity index (χ2n) is 4.97. The van der Waals surface area contributed by atoms with Crippen LogP contribution in [0.2, 0.25) is 0 Å². The van der Waals surface area contributed by atoms with E-state index < -0.39 is 0 Å². The third kappa shape index (κ3) is 3.77. The van der Waals surface area contributed by atoms with Crippen LogP contribution in [0.15, 0.2) is 18.5 Å². The lowest BCUT2D eigenvalue weighted by atomic mass is 10.4. The molecule has 0 saturated heterocycles. The third-order valence-electron chi connectivity index (χ3n) is 3.00. The lowest BCUT2D eigenvalue weighted by Crippen LogP contribution is -2.21. The molecule has 2 rings (SSSR count). The molecule has 0 aliphatic heterocycles. The highest BCUT2D eigenvalue weighted by atomic mass is 15.2. The summed E-state index contributed by atoms with van der Waals surface area (Å²) in [6, 6.07) is 1.96. The first-order chi connectivity index (χ1) is 9.58. The Morgan fingerprint density at radius 3 is 2.75 bits per heavy atom. The van der Waals surface area contributed by atoms with Gasteiger partial charge in [-0.05, 0) is 20.9 Å². The zero-order valence-electron chi connectivity index (χ0n) is 12.6. The van der Waals surface area contributed by atoms with Crippen molar-refractivity contribution in [1.29, 1.82) is 0 Å². The van der Waals surface area contributed by atoms with Gasteiger partial charge in [-0.15, -0.1) is 0 Å². The van der Waals surface area contributed by atoms with Crippen molar-refractivity contribution in [3.63, 3.8) is 0 Å². The Labute approximate surface area is 119 Å². The molecule has 2 aromatic rings. The minimum absolute atomic E-state index is 0.701. The Morgan fingerprint density at radius 1 is 1.30 bits per heavy atom. The molecule has 0 fully saturated rings. The summed E-state index contributed by atoms with van der Waals surface area (Å²) in [6.07, 6.45) is 3.77. The summed E-state index contributed by atoms with van der Waals surface area (Å²) in [5.41, 5.74) is 0.983. The van der Waals surface area contributed by atoms with Crippen LogP contribution in [-0.2, 0) is 20.1 Å². The normalized spacial score (nSPS) is 11.1. The fraction of sp³-hybridized carbons (Fsp3) is 0.500. The number of nitrogens with zero attached hydrogens (tertiary/aromatic N) is 5. The molecule has 0 unspecified atom stereocenters. The van der Waals surface area contributed by atoms with Gasteiger partial charge in [-0.1, -0.05) is 0 Å².